The van der Waals surface area contributed by atoms with Crippen LogP contribution in [0, 0.1) is 0 Å². The zero-order valence-electron chi connectivity index (χ0n) is 10.9. The third-order valence-corrected chi connectivity index (χ3v) is 2.96. The molecule has 0 unspecified atom stereocenters. The van der Waals surface area contributed by atoms with E-state index in [9.17, 15) is 9.59 Å². The summed E-state index contributed by atoms with van der Waals surface area (Å²) in [7, 11) is 0. The number of pyridine rings is 1. The fourth-order valence-electron chi connectivity index (χ4n) is 1.92. The van der Waals surface area contributed by atoms with Gasteiger partial charge in [-0.25, -0.2) is 0 Å². The molecule has 102 valence electrons. The zero-order valence-corrected chi connectivity index (χ0v) is 10.9. The van der Waals surface area contributed by atoms with Crippen LogP contribution in [-0.2, 0) is 0 Å². The van der Waals surface area contributed by atoms with Gasteiger partial charge in [0.2, 0.25) is 11.6 Å². The number of ketones is 2. The molecule has 1 aromatic carbocycles. The maximum atomic E-state index is 12.4. The molecule has 0 bridgehead atoms. The van der Waals surface area contributed by atoms with E-state index in [1.54, 1.807) is 48.5 Å². The molecule has 3 rings (SSSR count). The normalized spacial score (nSPS) is 10.3. The number of carbonyl (C=O) groups excluding carboxylic acids is 2. The van der Waals surface area contributed by atoms with Gasteiger partial charge in [-0.1, -0.05) is 41.6 Å². The summed E-state index contributed by atoms with van der Waals surface area (Å²) in [5, 5.41) is 3.67. The monoisotopic (exact) mass is 278 g/mol. The number of hydrogen-bond acceptors (Lipinski definition) is 5. The minimum absolute atomic E-state index is 0.00291. The molecule has 0 N–H and O–H groups in total. The first kappa shape index (κ1) is 12.9. The predicted molar refractivity (Wildman–Crippen MR) is 74.0 cm³/mol. The molecule has 0 amide bonds. The summed E-state index contributed by atoms with van der Waals surface area (Å²) >= 11 is 0. The van der Waals surface area contributed by atoms with E-state index in [1.165, 1.54) is 12.5 Å². The Morgan fingerprint density at radius 1 is 0.905 bits per heavy atom. The van der Waals surface area contributed by atoms with Crippen LogP contribution in [0.2, 0.25) is 0 Å². The second kappa shape index (κ2) is 5.50. The lowest BCUT2D eigenvalue weighted by Gasteiger charge is -2.00. The predicted octanol–water partition coefficient (Wildman–Crippen LogP) is 2.53. The van der Waals surface area contributed by atoms with E-state index < -0.39 is 5.78 Å². The summed E-state index contributed by atoms with van der Waals surface area (Å²) < 4.78 is 4.81. The number of hydrogen-bond donors (Lipinski definition) is 0. The smallest absolute Gasteiger partial charge is 0.217 e. The van der Waals surface area contributed by atoms with Crippen molar-refractivity contribution < 1.29 is 14.1 Å². The Bertz CT molecular complexity index is 714. The molecule has 2 heterocycles. The highest BCUT2D eigenvalue weighted by Gasteiger charge is 2.24. The highest BCUT2D eigenvalue weighted by atomic mass is 16.5. The molecule has 0 atom stereocenters. The first-order valence-electron chi connectivity index (χ1n) is 6.27. The molecular weight excluding hydrogens is 268 g/mol. The largest absolute Gasteiger partial charge is 0.363 e. The molecule has 5 heteroatoms. The average molecular weight is 278 g/mol. The van der Waals surface area contributed by atoms with Crippen molar-refractivity contribution in [2.24, 2.45) is 0 Å². The summed E-state index contributed by atoms with van der Waals surface area (Å²) in [6.07, 6.45) is 2.69. The molecule has 0 saturated carbocycles. The number of nitrogens with zero attached hydrogens (tertiary/aromatic N) is 2. The SMILES string of the molecule is O=C(c1ccccn1)c1conc1C(=O)c1ccccc1. The van der Waals surface area contributed by atoms with Gasteiger partial charge in [-0.15, -0.1) is 0 Å². The average Bonchev–Trinajstić information content (AvgIpc) is 3.04. The van der Waals surface area contributed by atoms with E-state index >= 15 is 0 Å². The first-order chi connectivity index (χ1) is 10.3. The van der Waals surface area contributed by atoms with Crippen LogP contribution in [-0.4, -0.2) is 21.7 Å². The van der Waals surface area contributed by atoms with Gasteiger partial charge < -0.3 is 4.52 Å². The zero-order chi connectivity index (χ0) is 14.7. The first-order valence-corrected chi connectivity index (χ1v) is 6.27. The molecule has 0 radical (unpaired) electrons. The third-order valence-electron chi connectivity index (χ3n) is 2.96. The van der Waals surface area contributed by atoms with Crippen LogP contribution in [0.3, 0.4) is 0 Å². The van der Waals surface area contributed by atoms with Crippen molar-refractivity contribution in [3.8, 4) is 0 Å². The third kappa shape index (κ3) is 2.49. The van der Waals surface area contributed by atoms with Crippen LogP contribution in [0.15, 0.2) is 65.5 Å². The summed E-state index contributed by atoms with van der Waals surface area (Å²) in [5.74, 6) is -0.750. The van der Waals surface area contributed by atoms with Gasteiger partial charge in [0.1, 0.15) is 12.0 Å². The van der Waals surface area contributed by atoms with Crippen LogP contribution >= 0.6 is 0 Å². The fraction of sp³-hybridized carbons (Fsp3) is 0. The van der Waals surface area contributed by atoms with Crippen LogP contribution in [0.4, 0.5) is 0 Å². The maximum absolute atomic E-state index is 12.4. The second-order valence-electron chi connectivity index (χ2n) is 4.32. The van der Waals surface area contributed by atoms with Gasteiger partial charge in [-0.2, -0.15) is 0 Å². The summed E-state index contributed by atoms with van der Waals surface area (Å²) in [6, 6.07) is 13.6. The van der Waals surface area contributed by atoms with Crippen molar-refractivity contribution in [2.75, 3.05) is 0 Å². The van der Waals surface area contributed by atoms with Gasteiger partial charge in [0.05, 0.1) is 5.56 Å². The molecule has 0 aliphatic heterocycles. The molecule has 0 spiro atoms. The number of aromatic nitrogens is 2. The minimum atomic E-state index is -0.392. The molecule has 2 aromatic heterocycles. The van der Waals surface area contributed by atoms with Crippen molar-refractivity contribution in [3.05, 3.63) is 83.5 Å². The molecule has 21 heavy (non-hydrogen) atoms. The molecule has 0 saturated heterocycles. The summed E-state index contributed by atoms with van der Waals surface area (Å²) in [5.41, 5.74) is 0.795. The van der Waals surface area contributed by atoms with Crippen molar-refractivity contribution in [1.29, 1.82) is 0 Å². The Morgan fingerprint density at radius 3 is 2.38 bits per heavy atom. The fourth-order valence-corrected chi connectivity index (χ4v) is 1.92. The highest BCUT2D eigenvalue weighted by Crippen LogP contribution is 2.16. The van der Waals surface area contributed by atoms with E-state index in [-0.39, 0.29) is 22.7 Å². The topological polar surface area (TPSA) is 73.1 Å². The number of benzene rings is 1. The Balaban J connectivity index is 1.99. The number of rotatable bonds is 4. The quantitative estimate of drug-likeness (QED) is 0.686. The van der Waals surface area contributed by atoms with Crippen molar-refractivity contribution in [2.45, 2.75) is 0 Å². The Morgan fingerprint density at radius 2 is 1.67 bits per heavy atom. The lowest BCUT2D eigenvalue weighted by Crippen LogP contribution is -2.10. The van der Waals surface area contributed by atoms with Crippen LogP contribution < -0.4 is 0 Å². The van der Waals surface area contributed by atoms with Gasteiger partial charge in [-0.05, 0) is 12.1 Å². The van der Waals surface area contributed by atoms with E-state index in [0.717, 1.165) is 0 Å². The molecule has 0 aliphatic rings. The lowest BCUT2D eigenvalue weighted by atomic mass is 10.0. The van der Waals surface area contributed by atoms with E-state index in [4.69, 9.17) is 4.52 Å². The van der Waals surface area contributed by atoms with E-state index in [2.05, 4.69) is 10.1 Å². The maximum Gasteiger partial charge on any atom is 0.217 e. The molecular formula is C16H10N2O3. The molecule has 0 aliphatic carbocycles. The highest BCUT2D eigenvalue weighted by molar-refractivity contribution is 6.17. The van der Waals surface area contributed by atoms with Gasteiger partial charge in [0.15, 0.2) is 5.69 Å². The lowest BCUT2D eigenvalue weighted by molar-refractivity contribution is 0.0998. The van der Waals surface area contributed by atoms with E-state index in [0.29, 0.717) is 5.56 Å². The van der Waals surface area contributed by atoms with Crippen molar-refractivity contribution in [1.82, 2.24) is 10.1 Å². The second-order valence-corrected chi connectivity index (χ2v) is 4.32. The van der Waals surface area contributed by atoms with Gasteiger partial charge in [0.25, 0.3) is 0 Å². The Labute approximate surface area is 120 Å². The molecule has 0 fully saturated rings. The van der Waals surface area contributed by atoms with E-state index in [1.807, 2.05) is 0 Å². The van der Waals surface area contributed by atoms with Crippen molar-refractivity contribution >= 4 is 11.6 Å². The Hall–Kier alpha value is -3.08. The minimum Gasteiger partial charge on any atom is -0.363 e. The van der Waals surface area contributed by atoms with Gasteiger partial charge >= 0.3 is 0 Å². The summed E-state index contributed by atoms with van der Waals surface area (Å²) in [6.45, 7) is 0. The van der Waals surface area contributed by atoms with Crippen LogP contribution in [0.1, 0.15) is 32.1 Å². The number of carbonyl (C=O) groups is 2. The Kier molecular flexibility index (Phi) is 3.39. The van der Waals surface area contributed by atoms with Crippen LogP contribution in [0.25, 0.3) is 0 Å². The van der Waals surface area contributed by atoms with Gasteiger partial charge in [-0.3, -0.25) is 14.6 Å². The molecule has 3 aromatic rings. The van der Waals surface area contributed by atoms with Crippen molar-refractivity contribution in [3.63, 3.8) is 0 Å². The standard InChI is InChI=1S/C16H10N2O3/c19-15(11-6-2-1-3-7-11)14-12(10-21-18-14)16(20)13-8-4-5-9-17-13/h1-10H. The van der Waals surface area contributed by atoms with Crippen LogP contribution in [0.5, 0.6) is 0 Å². The van der Waals surface area contributed by atoms with Gasteiger partial charge in [0, 0.05) is 11.8 Å². The summed E-state index contributed by atoms with van der Waals surface area (Å²) in [4.78, 5) is 28.7. The molecule has 5 nitrogen and oxygen atoms in total.